The summed E-state index contributed by atoms with van der Waals surface area (Å²) in [4.78, 5) is 19.3. The second-order valence-corrected chi connectivity index (χ2v) is 4.98. The maximum absolute atomic E-state index is 12.1. The predicted molar refractivity (Wildman–Crippen MR) is 70.0 cm³/mol. The molecule has 0 bridgehead atoms. The SMILES string of the molecule is CN(C)C(=O)C1CCCN1c1ccc(OC(F)(F)F)cn1. The quantitative estimate of drug-likeness (QED) is 0.857. The molecule has 5 nitrogen and oxygen atoms in total. The number of pyridine rings is 1. The topological polar surface area (TPSA) is 45.7 Å². The number of carbonyl (C=O) groups is 1. The highest BCUT2D eigenvalue weighted by Gasteiger charge is 2.33. The number of alkyl halides is 3. The maximum atomic E-state index is 12.1. The third-order valence-corrected chi connectivity index (χ3v) is 3.23. The second-order valence-electron chi connectivity index (χ2n) is 4.98. The van der Waals surface area contributed by atoms with Gasteiger partial charge in [-0.25, -0.2) is 4.98 Å². The van der Waals surface area contributed by atoms with E-state index in [0.29, 0.717) is 18.8 Å². The molecule has 0 spiro atoms. The van der Waals surface area contributed by atoms with Crippen molar-refractivity contribution in [3.63, 3.8) is 0 Å². The Bertz CT molecular complexity index is 502. The van der Waals surface area contributed by atoms with Gasteiger partial charge in [-0.15, -0.1) is 13.2 Å². The van der Waals surface area contributed by atoms with Crippen LogP contribution in [0.1, 0.15) is 12.8 Å². The van der Waals surface area contributed by atoms with Gasteiger partial charge in [0.1, 0.15) is 17.6 Å². The van der Waals surface area contributed by atoms with E-state index < -0.39 is 6.36 Å². The lowest BCUT2D eigenvalue weighted by molar-refractivity contribution is -0.274. The Labute approximate surface area is 120 Å². The minimum Gasteiger partial charge on any atom is -0.404 e. The number of carbonyl (C=O) groups excluding carboxylic acids is 1. The molecule has 0 radical (unpaired) electrons. The summed E-state index contributed by atoms with van der Waals surface area (Å²) in [6, 6.07) is 2.31. The summed E-state index contributed by atoms with van der Waals surface area (Å²) in [7, 11) is 3.35. The van der Waals surface area contributed by atoms with Crippen LogP contribution in [-0.4, -0.2) is 48.8 Å². The Kier molecular flexibility index (Phi) is 4.24. The van der Waals surface area contributed by atoms with Crippen LogP contribution >= 0.6 is 0 Å². The van der Waals surface area contributed by atoms with Gasteiger partial charge in [0, 0.05) is 20.6 Å². The van der Waals surface area contributed by atoms with Crippen molar-refractivity contribution < 1.29 is 22.7 Å². The summed E-state index contributed by atoms with van der Waals surface area (Å²) < 4.78 is 40.0. The zero-order chi connectivity index (χ0) is 15.6. The third kappa shape index (κ3) is 3.77. The van der Waals surface area contributed by atoms with Crippen LogP contribution in [0.3, 0.4) is 0 Å². The van der Waals surface area contributed by atoms with Crippen LogP contribution < -0.4 is 9.64 Å². The Morgan fingerprint density at radius 2 is 2.14 bits per heavy atom. The molecule has 0 saturated carbocycles. The largest absolute Gasteiger partial charge is 0.573 e. The summed E-state index contributed by atoms with van der Waals surface area (Å²) in [5.41, 5.74) is 0. The highest BCUT2D eigenvalue weighted by atomic mass is 19.4. The Balaban J connectivity index is 2.12. The van der Waals surface area contributed by atoms with Crippen LogP contribution in [-0.2, 0) is 4.79 Å². The lowest BCUT2D eigenvalue weighted by Gasteiger charge is -2.27. The van der Waals surface area contributed by atoms with Crippen LogP contribution in [0, 0.1) is 0 Å². The van der Waals surface area contributed by atoms with Crippen LogP contribution in [0.15, 0.2) is 18.3 Å². The number of hydrogen-bond donors (Lipinski definition) is 0. The van der Waals surface area contributed by atoms with Gasteiger partial charge in [-0.3, -0.25) is 4.79 Å². The number of likely N-dealkylation sites (N-methyl/N-ethyl adjacent to an activating group) is 1. The molecule has 0 aliphatic carbocycles. The third-order valence-electron chi connectivity index (χ3n) is 3.23. The fourth-order valence-corrected chi connectivity index (χ4v) is 2.33. The van der Waals surface area contributed by atoms with E-state index in [2.05, 4.69) is 9.72 Å². The van der Waals surface area contributed by atoms with E-state index in [1.165, 1.54) is 17.0 Å². The molecule has 1 amide bonds. The second kappa shape index (κ2) is 5.79. The summed E-state index contributed by atoms with van der Waals surface area (Å²) in [6.07, 6.45) is -2.18. The van der Waals surface area contributed by atoms with Gasteiger partial charge in [-0.05, 0) is 25.0 Å². The highest BCUT2D eigenvalue weighted by Crippen LogP contribution is 2.27. The van der Waals surface area contributed by atoms with E-state index in [9.17, 15) is 18.0 Å². The first-order chi connectivity index (χ1) is 9.78. The van der Waals surface area contributed by atoms with Crippen molar-refractivity contribution in [2.24, 2.45) is 0 Å². The first kappa shape index (κ1) is 15.4. The summed E-state index contributed by atoms with van der Waals surface area (Å²) in [5, 5.41) is 0. The van der Waals surface area contributed by atoms with Gasteiger partial charge in [-0.1, -0.05) is 0 Å². The minimum absolute atomic E-state index is 0.0371. The highest BCUT2D eigenvalue weighted by molar-refractivity contribution is 5.85. The molecule has 1 aromatic heterocycles. The molecule has 8 heteroatoms. The molecule has 2 rings (SSSR count). The van der Waals surface area contributed by atoms with Crippen molar-refractivity contribution in [3.8, 4) is 5.75 Å². The van der Waals surface area contributed by atoms with E-state index in [0.717, 1.165) is 12.6 Å². The fourth-order valence-electron chi connectivity index (χ4n) is 2.33. The molecule has 1 atom stereocenters. The Morgan fingerprint density at radius 3 is 2.67 bits per heavy atom. The van der Waals surface area contributed by atoms with Crippen LogP contribution in [0.5, 0.6) is 5.75 Å². The van der Waals surface area contributed by atoms with Crippen LogP contribution in [0.2, 0.25) is 0 Å². The first-order valence-corrected chi connectivity index (χ1v) is 6.47. The number of aromatic nitrogens is 1. The van der Waals surface area contributed by atoms with Gasteiger partial charge in [0.25, 0.3) is 0 Å². The van der Waals surface area contributed by atoms with E-state index in [1.807, 2.05) is 0 Å². The summed E-state index contributed by atoms with van der Waals surface area (Å²) >= 11 is 0. The fraction of sp³-hybridized carbons (Fsp3) is 0.538. The summed E-state index contributed by atoms with van der Waals surface area (Å²) in [6.45, 7) is 0.650. The standard InChI is InChI=1S/C13H16F3N3O2/c1-18(2)12(20)10-4-3-7-19(10)11-6-5-9(8-17-11)21-13(14,15)16/h5-6,8,10H,3-4,7H2,1-2H3. The summed E-state index contributed by atoms with van der Waals surface area (Å²) in [5.74, 6) is 0.0630. The maximum Gasteiger partial charge on any atom is 0.573 e. The van der Waals surface area contributed by atoms with Gasteiger partial charge < -0.3 is 14.5 Å². The molecule has 1 saturated heterocycles. The van der Waals surface area contributed by atoms with E-state index in [4.69, 9.17) is 0 Å². The predicted octanol–water partition coefficient (Wildman–Crippen LogP) is 2.04. The molecule has 0 aromatic carbocycles. The van der Waals surface area contributed by atoms with Gasteiger partial charge in [0.05, 0.1) is 6.20 Å². The van der Waals surface area contributed by atoms with Gasteiger partial charge >= 0.3 is 6.36 Å². The molecule has 2 heterocycles. The number of anilines is 1. The molecule has 21 heavy (non-hydrogen) atoms. The Hall–Kier alpha value is -1.99. The van der Waals surface area contributed by atoms with E-state index >= 15 is 0 Å². The van der Waals surface area contributed by atoms with Crippen LogP contribution in [0.4, 0.5) is 19.0 Å². The van der Waals surface area contributed by atoms with Crippen molar-refractivity contribution in [1.82, 2.24) is 9.88 Å². The lowest BCUT2D eigenvalue weighted by atomic mass is 10.2. The van der Waals surface area contributed by atoms with E-state index in [-0.39, 0.29) is 17.7 Å². The molecule has 1 aromatic rings. The molecule has 0 N–H and O–H groups in total. The molecule has 1 aliphatic rings. The van der Waals surface area contributed by atoms with Crippen molar-refractivity contribution in [3.05, 3.63) is 18.3 Å². The number of nitrogens with zero attached hydrogens (tertiary/aromatic N) is 3. The van der Waals surface area contributed by atoms with E-state index in [1.54, 1.807) is 19.0 Å². The van der Waals surface area contributed by atoms with Crippen molar-refractivity contribution >= 4 is 11.7 Å². The Morgan fingerprint density at radius 1 is 1.43 bits per heavy atom. The molecule has 116 valence electrons. The number of ether oxygens (including phenoxy) is 1. The number of amides is 1. The smallest absolute Gasteiger partial charge is 0.404 e. The van der Waals surface area contributed by atoms with Crippen molar-refractivity contribution in [2.45, 2.75) is 25.2 Å². The van der Waals surface area contributed by atoms with Gasteiger partial charge in [0.15, 0.2) is 0 Å². The molecule has 1 fully saturated rings. The monoisotopic (exact) mass is 303 g/mol. The van der Waals surface area contributed by atoms with Crippen molar-refractivity contribution in [1.29, 1.82) is 0 Å². The normalized spacial score (nSPS) is 18.7. The lowest BCUT2D eigenvalue weighted by Crippen LogP contribution is -2.43. The number of halogens is 3. The average molecular weight is 303 g/mol. The minimum atomic E-state index is -4.74. The zero-order valence-corrected chi connectivity index (χ0v) is 11.7. The van der Waals surface area contributed by atoms with Gasteiger partial charge in [-0.2, -0.15) is 0 Å². The molecular weight excluding hydrogens is 287 g/mol. The van der Waals surface area contributed by atoms with Gasteiger partial charge in [0.2, 0.25) is 5.91 Å². The first-order valence-electron chi connectivity index (χ1n) is 6.47. The average Bonchev–Trinajstić information content (AvgIpc) is 2.85. The number of rotatable bonds is 3. The molecular formula is C13H16F3N3O2. The number of hydrogen-bond acceptors (Lipinski definition) is 4. The molecule has 1 aliphatic heterocycles. The van der Waals surface area contributed by atoms with Crippen molar-refractivity contribution in [2.75, 3.05) is 25.5 Å². The zero-order valence-electron chi connectivity index (χ0n) is 11.7. The molecule has 1 unspecified atom stereocenters. The van der Waals surface area contributed by atoms with Crippen LogP contribution in [0.25, 0.3) is 0 Å².